The molecule has 152 valence electrons. The van der Waals surface area contributed by atoms with Crippen molar-refractivity contribution >= 4 is 29.9 Å². The van der Waals surface area contributed by atoms with Gasteiger partial charge < -0.3 is 19.7 Å². The van der Waals surface area contributed by atoms with E-state index in [1.54, 1.807) is 14.2 Å². The number of ether oxygens (including phenoxy) is 2. The molecule has 1 heterocycles. The Morgan fingerprint density at radius 1 is 1.30 bits per heavy atom. The highest BCUT2D eigenvalue weighted by Gasteiger charge is 2.43. The minimum atomic E-state index is -0.469. The van der Waals surface area contributed by atoms with E-state index in [0.717, 1.165) is 25.5 Å². The molecule has 0 bridgehead atoms. The fourth-order valence-electron chi connectivity index (χ4n) is 3.55. The van der Waals surface area contributed by atoms with E-state index in [2.05, 4.69) is 15.2 Å². The van der Waals surface area contributed by atoms with Crippen molar-refractivity contribution in [2.75, 3.05) is 47.1 Å². The molecule has 1 saturated heterocycles. The van der Waals surface area contributed by atoms with E-state index in [1.165, 1.54) is 18.2 Å². The molecule has 0 spiro atoms. The van der Waals surface area contributed by atoms with E-state index < -0.39 is 11.6 Å². The summed E-state index contributed by atoms with van der Waals surface area (Å²) in [6.07, 6.45) is 1.76. The van der Waals surface area contributed by atoms with E-state index in [-0.39, 0.29) is 41.5 Å². The molecule has 5 nitrogen and oxygen atoms in total. The van der Waals surface area contributed by atoms with Gasteiger partial charge in [0.15, 0.2) is 5.96 Å². The van der Waals surface area contributed by atoms with E-state index in [0.29, 0.717) is 32.2 Å². The van der Waals surface area contributed by atoms with Gasteiger partial charge in [0.1, 0.15) is 11.6 Å². The lowest BCUT2D eigenvalue weighted by atomic mass is 10.1. The number of halogens is 3. The van der Waals surface area contributed by atoms with Crippen LogP contribution in [0.25, 0.3) is 0 Å². The second-order valence-corrected chi connectivity index (χ2v) is 6.94. The average molecular weight is 495 g/mol. The third-order valence-electron chi connectivity index (χ3n) is 5.06. The van der Waals surface area contributed by atoms with E-state index >= 15 is 0 Å². The quantitative estimate of drug-likeness (QED) is 0.274. The number of nitrogens with zero attached hydrogens (tertiary/aromatic N) is 2. The van der Waals surface area contributed by atoms with Crippen LogP contribution < -0.4 is 5.32 Å². The maximum Gasteiger partial charge on any atom is 0.193 e. The van der Waals surface area contributed by atoms with Crippen LogP contribution in [0.1, 0.15) is 24.3 Å². The zero-order valence-electron chi connectivity index (χ0n) is 15.8. The Kier molecular flexibility index (Phi) is 8.68. The maximum absolute atomic E-state index is 13.9. The first kappa shape index (κ1) is 22.3. The summed E-state index contributed by atoms with van der Waals surface area (Å²) >= 11 is 0. The standard InChI is InChI=1S/C19H27F2N3O2.HI/c1-22-19(24-7-6-13(11-24)12-26-9-8-25-2)23-17-10-14(17)18-15(20)4-3-5-16(18)21;/h3-5,13-14,17H,6-12H2,1-2H3,(H,22,23);1H. The Labute approximate surface area is 176 Å². The minimum Gasteiger partial charge on any atom is -0.382 e. The van der Waals surface area contributed by atoms with Crippen LogP contribution in [0.5, 0.6) is 0 Å². The van der Waals surface area contributed by atoms with Crippen LogP contribution in [-0.4, -0.2) is 64.0 Å². The van der Waals surface area contributed by atoms with Crippen molar-refractivity contribution in [1.82, 2.24) is 10.2 Å². The number of likely N-dealkylation sites (tertiary alicyclic amines) is 1. The molecular weight excluding hydrogens is 467 g/mol. The van der Waals surface area contributed by atoms with Gasteiger partial charge in [-0.2, -0.15) is 0 Å². The summed E-state index contributed by atoms with van der Waals surface area (Å²) in [5.41, 5.74) is 0.186. The molecule has 0 radical (unpaired) electrons. The van der Waals surface area contributed by atoms with Crippen LogP contribution in [0.15, 0.2) is 23.2 Å². The fourth-order valence-corrected chi connectivity index (χ4v) is 3.55. The molecule has 3 atom stereocenters. The zero-order chi connectivity index (χ0) is 18.5. The summed E-state index contributed by atoms with van der Waals surface area (Å²) in [4.78, 5) is 6.54. The SMILES string of the molecule is CN=C(NC1CC1c1c(F)cccc1F)N1CCC(COCCOC)C1.I. The van der Waals surface area contributed by atoms with Gasteiger partial charge in [-0.25, -0.2) is 8.78 Å². The van der Waals surface area contributed by atoms with Gasteiger partial charge in [0.2, 0.25) is 0 Å². The van der Waals surface area contributed by atoms with Gasteiger partial charge in [-0.1, -0.05) is 6.07 Å². The van der Waals surface area contributed by atoms with E-state index in [4.69, 9.17) is 9.47 Å². The Hall–Kier alpha value is -1.00. The van der Waals surface area contributed by atoms with Gasteiger partial charge in [-0.05, 0) is 25.0 Å². The topological polar surface area (TPSA) is 46.1 Å². The first-order valence-corrected chi connectivity index (χ1v) is 9.13. The van der Waals surface area contributed by atoms with Gasteiger partial charge >= 0.3 is 0 Å². The van der Waals surface area contributed by atoms with Crippen LogP contribution in [0.2, 0.25) is 0 Å². The van der Waals surface area contributed by atoms with Crippen molar-refractivity contribution in [1.29, 1.82) is 0 Å². The monoisotopic (exact) mass is 495 g/mol. The average Bonchev–Trinajstić information content (AvgIpc) is 3.21. The summed E-state index contributed by atoms with van der Waals surface area (Å²) in [6, 6.07) is 4.06. The van der Waals surface area contributed by atoms with Gasteiger partial charge in [0.25, 0.3) is 0 Å². The number of aliphatic imine (C=N–C) groups is 1. The summed E-state index contributed by atoms with van der Waals surface area (Å²) < 4.78 is 38.5. The van der Waals surface area contributed by atoms with Gasteiger partial charge in [0, 0.05) is 50.7 Å². The molecule has 1 N–H and O–H groups in total. The zero-order valence-corrected chi connectivity index (χ0v) is 18.1. The number of nitrogens with one attached hydrogen (secondary N) is 1. The van der Waals surface area contributed by atoms with Crippen LogP contribution in [0.3, 0.4) is 0 Å². The highest BCUT2D eigenvalue weighted by Crippen LogP contribution is 2.43. The fraction of sp³-hybridized carbons (Fsp3) is 0.632. The Balaban J connectivity index is 0.00000261. The maximum atomic E-state index is 13.9. The second-order valence-electron chi connectivity index (χ2n) is 6.94. The molecule has 1 aliphatic carbocycles. The highest BCUT2D eigenvalue weighted by molar-refractivity contribution is 14.0. The van der Waals surface area contributed by atoms with Gasteiger partial charge in [-0.15, -0.1) is 24.0 Å². The van der Waals surface area contributed by atoms with E-state index in [9.17, 15) is 8.78 Å². The summed E-state index contributed by atoms with van der Waals surface area (Å²) in [6.45, 7) is 3.71. The number of hydrogen-bond acceptors (Lipinski definition) is 3. The lowest BCUT2D eigenvalue weighted by Crippen LogP contribution is -2.41. The summed E-state index contributed by atoms with van der Waals surface area (Å²) in [5, 5.41) is 3.36. The van der Waals surface area contributed by atoms with Crippen molar-refractivity contribution in [2.45, 2.75) is 24.8 Å². The van der Waals surface area contributed by atoms with Crippen molar-refractivity contribution in [3.63, 3.8) is 0 Å². The number of guanidine groups is 1. The van der Waals surface area contributed by atoms with Crippen LogP contribution in [-0.2, 0) is 9.47 Å². The Bertz CT molecular complexity index is 627. The number of methoxy groups -OCH3 is 1. The molecule has 1 aromatic rings. The number of hydrogen-bond donors (Lipinski definition) is 1. The highest BCUT2D eigenvalue weighted by atomic mass is 127. The van der Waals surface area contributed by atoms with Crippen molar-refractivity contribution in [3.8, 4) is 0 Å². The Morgan fingerprint density at radius 3 is 2.70 bits per heavy atom. The Morgan fingerprint density at radius 2 is 2.04 bits per heavy atom. The molecule has 2 aliphatic rings. The molecule has 1 aromatic carbocycles. The lowest BCUT2D eigenvalue weighted by Gasteiger charge is -2.22. The second kappa shape index (κ2) is 10.5. The van der Waals surface area contributed by atoms with Crippen LogP contribution in [0.4, 0.5) is 8.78 Å². The first-order chi connectivity index (χ1) is 12.6. The summed E-state index contributed by atoms with van der Waals surface area (Å²) in [5.74, 6) is 0.189. The van der Waals surface area contributed by atoms with Crippen molar-refractivity contribution < 1.29 is 18.3 Å². The largest absolute Gasteiger partial charge is 0.382 e. The molecule has 1 saturated carbocycles. The molecule has 27 heavy (non-hydrogen) atoms. The third kappa shape index (κ3) is 5.74. The molecule has 0 aromatic heterocycles. The molecule has 8 heteroatoms. The molecule has 0 amide bonds. The smallest absolute Gasteiger partial charge is 0.193 e. The number of benzene rings is 1. The van der Waals surface area contributed by atoms with Crippen molar-refractivity contribution in [2.24, 2.45) is 10.9 Å². The van der Waals surface area contributed by atoms with Gasteiger partial charge in [0.05, 0.1) is 19.8 Å². The predicted molar refractivity (Wildman–Crippen MR) is 112 cm³/mol. The molecular formula is C19H28F2IN3O2. The van der Waals surface area contributed by atoms with Crippen LogP contribution >= 0.6 is 24.0 Å². The van der Waals surface area contributed by atoms with Crippen LogP contribution in [0, 0.1) is 17.6 Å². The molecule has 3 rings (SSSR count). The normalized spacial score (nSPS) is 24.7. The number of rotatable bonds is 7. The molecule has 2 fully saturated rings. The molecule has 1 aliphatic heterocycles. The van der Waals surface area contributed by atoms with E-state index in [1.807, 2.05) is 0 Å². The summed E-state index contributed by atoms with van der Waals surface area (Å²) in [7, 11) is 3.40. The third-order valence-corrected chi connectivity index (χ3v) is 5.06. The minimum absolute atomic E-state index is 0. The lowest BCUT2D eigenvalue weighted by molar-refractivity contribution is 0.0536. The van der Waals surface area contributed by atoms with Gasteiger partial charge in [-0.3, -0.25) is 4.99 Å². The van der Waals surface area contributed by atoms with Crippen molar-refractivity contribution in [3.05, 3.63) is 35.4 Å². The predicted octanol–water partition coefficient (Wildman–Crippen LogP) is 3.00. The molecule has 3 unspecified atom stereocenters. The first-order valence-electron chi connectivity index (χ1n) is 9.13.